The van der Waals surface area contributed by atoms with Crippen molar-refractivity contribution >= 4 is 11.6 Å². The molecular formula is C33H45N3O2. The lowest BCUT2D eigenvalue weighted by Crippen LogP contribution is -2.53. The molecular weight excluding hydrogens is 470 g/mol. The molecule has 3 aliphatic rings. The number of amides is 1. The van der Waals surface area contributed by atoms with Crippen LogP contribution in [-0.4, -0.2) is 60.2 Å². The highest BCUT2D eigenvalue weighted by Gasteiger charge is 2.45. The number of fused-ring (bicyclic) bond motifs is 2. The Morgan fingerprint density at radius 1 is 1.05 bits per heavy atom. The van der Waals surface area contributed by atoms with Gasteiger partial charge < -0.3 is 14.5 Å². The normalized spacial score (nSPS) is 27.8. The molecule has 3 heterocycles. The van der Waals surface area contributed by atoms with E-state index in [1.54, 1.807) is 0 Å². The van der Waals surface area contributed by atoms with Crippen molar-refractivity contribution in [1.82, 2.24) is 9.80 Å². The molecule has 0 spiro atoms. The lowest BCUT2D eigenvalue weighted by molar-refractivity contribution is -0.176. The maximum absolute atomic E-state index is 12.9. The second kappa shape index (κ2) is 11.2. The van der Waals surface area contributed by atoms with Crippen LogP contribution in [-0.2, 0) is 15.1 Å². The summed E-state index contributed by atoms with van der Waals surface area (Å²) in [5.74, 6) is 0.168. The van der Waals surface area contributed by atoms with E-state index in [9.17, 15) is 4.79 Å². The zero-order chi connectivity index (χ0) is 26.8. The van der Waals surface area contributed by atoms with Gasteiger partial charge in [0.2, 0.25) is 5.91 Å². The molecule has 5 nitrogen and oxygen atoms in total. The summed E-state index contributed by atoms with van der Waals surface area (Å²) in [5, 5.41) is 0. The summed E-state index contributed by atoms with van der Waals surface area (Å²) in [6, 6.07) is 23.3. The SMILES string of the molecule is C=CCN(c1ccccc1)C1C[C@H]2CC[C@@H](C1)N2CCC1(c2ccccc2)CCN(C(=O)C(C)(C)C)CO1. The number of benzene rings is 2. The Hall–Kier alpha value is -2.63. The predicted molar refractivity (Wildman–Crippen MR) is 155 cm³/mol. The van der Waals surface area contributed by atoms with Crippen molar-refractivity contribution in [3.05, 3.63) is 78.9 Å². The fourth-order valence-corrected chi connectivity index (χ4v) is 7.00. The van der Waals surface area contributed by atoms with Crippen molar-refractivity contribution in [3.63, 3.8) is 0 Å². The molecule has 3 aliphatic heterocycles. The van der Waals surface area contributed by atoms with E-state index in [2.05, 4.69) is 77.0 Å². The number of piperidine rings is 1. The molecule has 5 rings (SSSR count). The van der Waals surface area contributed by atoms with Gasteiger partial charge in [-0.1, -0.05) is 75.4 Å². The molecule has 0 N–H and O–H groups in total. The first-order valence-electron chi connectivity index (χ1n) is 14.5. The average Bonchev–Trinajstić information content (AvgIpc) is 3.17. The molecule has 2 aromatic rings. The van der Waals surface area contributed by atoms with Crippen molar-refractivity contribution in [3.8, 4) is 0 Å². The van der Waals surface area contributed by atoms with E-state index in [1.165, 1.54) is 36.9 Å². The third-order valence-corrected chi connectivity index (χ3v) is 9.00. The van der Waals surface area contributed by atoms with Gasteiger partial charge in [0.05, 0.1) is 5.60 Å². The van der Waals surface area contributed by atoms with E-state index in [0.29, 0.717) is 24.9 Å². The summed E-state index contributed by atoms with van der Waals surface area (Å²) in [7, 11) is 0. The van der Waals surface area contributed by atoms with Gasteiger partial charge in [0, 0.05) is 48.9 Å². The van der Waals surface area contributed by atoms with Crippen molar-refractivity contribution in [1.29, 1.82) is 0 Å². The molecule has 1 amide bonds. The molecule has 2 bridgehead atoms. The molecule has 4 atom stereocenters. The van der Waals surface area contributed by atoms with Crippen LogP contribution in [0.2, 0.25) is 0 Å². The van der Waals surface area contributed by atoms with Gasteiger partial charge in [-0.3, -0.25) is 9.69 Å². The van der Waals surface area contributed by atoms with E-state index < -0.39 is 5.41 Å². The number of ether oxygens (including phenoxy) is 1. The van der Waals surface area contributed by atoms with Crippen LogP contribution < -0.4 is 4.90 Å². The molecule has 5 heteroatoms. The Labute approximate surface area is 229 Å². The Kier molecular flexibility index (Phi) is 7.97. The van der Waals surface area contributed by atoms with Crippen molar-refractivity contribution in [2.24, 2.45) is 5.41 Å². The summed E-state index contributed by atoms with van der Waals surface area (Å²) in [4.78, 5) is 20.2. The summed E-state index contributed by atoms with van der Waals surface area (Å²) in [6.07, 6.45) is 8.81. The summed E-state index contributed by atoms with van der Waals surface area (Å²) >= 11 is 0. The number of anilines is 1. The first-order chi connectivity index (χ1) is 18.3. The standard InChI is InChI=1S/C33H45N3O2/c1-5-20-35(27-14-10-7-11-15-27)30-23-28-16-17-29(24-30)36(28)22-19-33(26-12-8-6-9-13-26)18-21-34(25-38-33)31(37)32(2,3)4/h5-15,28-30H,1,16-25H2,2-4H3/t28-,29+,30?,33?. The van der Waals surface area contributed by atoms with E-state index in [0.717, 1.165) is 32.5 Å². The van der Waals surface area contributed by atoms with Crippen LogP contribution >= 0.6 is 0 Å². The maximum Gasteiger partial charge on any atom is 0.229 e. The number of hydrogen-bond acceptors (Lipinski definition) is 4. The van der Waals surface area contributed by atoms with Gasteiger partial charge in [-0.05, 0) is 56.2 Å². The van der Waals surface area contributed by atoms with Crippen LogP contribution in [0.25, 0.3) is 0 Å². The van der Waals surface area contributed by atoms with Crippen LogP contribution in [0, 0.1) is 5.41 Å². The number of hydrogen-bond donors (Lipinski definition) is 0. The van der Waals surface area contributed by atoms with E-state index in [-0.39, 0.29) is 11.5 Å². The minimum Gasteiger partial charge on any atom is -0.365 e. The molecule has 38 heavy (non-hydrogen) atoms. The Morgan fingerprint density at radius 2 is 1.68 bits per heavy atom. The van der Waals surface area contributed by atoms with E-state index >= 15 is 0 Å². The third kappa shape index (κ3) is 5.55. The highest BCUT2D eigenvalue weighted by atomic mass is 16.5. The molecule has 2 unspecified atom stereocenters. The molecule has 3 fully saturated rings. The topological polar surface area (TPSA) is 36.0 Å². The van der Waals surface area contributed by atoms with Crippen LogP contribution in [0.1, 0.15) is 64.9 Å². The van der Waals surface area contributed by atoms with Crippen LogP contribution in [0.4, 0.5) is 5.69 Å². The Morgan fingerprint density at radius 3 is 2.24 bits per heavy atom. The lowest BCUT2D eigenvalue weighted by Gasteiger charge is -2.47. The highest BCUT2D eigenvalue weighted by molar-refractivity contribution is 5.81. The Balaban J connectivity index is 1.28. The van der Waals surface area contributed by atoms with Crippen molar-refractivity contribution < 1.29 is 9.53 Å². The van der Waals surface area contributed by atoms with Crippen molar-refractivity contribution in [2.45, 2.75) is 83.0 Å². The van der Waals surface area contributed by atoms with Crippen LogP contribution in [0.5, 0.6) is 0 Å². The van der Waals surface area contributed by atoms with E-state index in [1.807, 2.05) is 31.7 Å². The van der Waals surface area contributed by atoms with Gasteiger partial charge in [0.1, 0.15) is 6.73 Å². The summed E-state index contributed by atoms with van der Waals surface area (Å²) in [6.45, 7) is 13.1. The quantitative estimate of drug-likeness (QED) is 0.392. The third-order valence-electron chi connectivity index (χ3n) is 9.00. The Bertz CT molecular complexity index is 1060. The fourth-order valence-electron chi connectivity index (χ4n) is 7.00. The number of rotatable bonds is 8. The monoisotopic (exact) mass is 515 g/mol. The number of carbonyl (C=O) groups is 1. The summed E-state index contributed by atoms with van der Waals surface area (Å²) < 4.78 is 6.67. The maximum atomic E-state index is 12.9. The average molecular weight is 516 g/mol. The largest absolute Gasteiger partial charge is 0.365 e. The molecule has 2 aromatic carbocycles. The first-order valence-corrected chi connectivity index (χ1v) is 14.5. The van der Waals surface area contributed by atoms with Crippen molar-refractivity contribution in [2.75, 3.05) is 31.3 Å². The van der Waals surface area contributed by atoms with Gasteiger partial charge in [0.25, 0.3) is 0 Å². The predicted octanol–water partition coefficient (Wildman–Crippen LogP) is 6.21. The molecule has 0 saturated carbocycles. The van der Waals surface area contributed by atoms with Gasteiger partial charge in [0.15, 0.2) is 0 Å². The zero-order valence-corrected chi connectivity index (χ0v) is 23.5. The van der Waals surface area contributed by atoms with Gasteiger partial charge in [-0.2, -0.15) is 0 Å². The number of para-hydroxylation sites is 1. The number of carbonyl (C=O) groups excluding carboxylic acids is 1. The molecule has 0 radical (unpaired) electrons. The van der Waals surface area contributed by atoms with Gasteiger partial charge in [-0.15, -0.1) is 6.58 Å². The summed E-state index contributed by atoms with van der Waals surface area (Å²) in [5.41, 5.74) is 1.81. The number of nitrogens with zero attached hydrogens (tertiary/aromatic N) is 3. The first kappa shape index (κ1) is 27.0. The molecule has 0 aromatic heterocycles. The minimum absolute atomic E-state index is 0.168. The minimum atomic E-state index is -0.390. The van der Waals surface area contributed by atoms with E-state index in [4.69, 9.17) is 4.74 Å². The molecule has 0 aliphatic carbocycles. The van der Waals surface area contributed by atoms with Crippen LogP contribution in [0.3, 0.4) is 0 Å². The fraction of sp³-hybridized carbons (Fsp3) is 0.545. The van der Waals surface area contributed by atoms with Crippen LogP contribution in [0.15, 0.2) is 73.3 Å². The zero-order valence-electron chi connectivity index (χ0n) is 23.5. The smallest absolute Gasteiger partial charge is 0.229 e. The highest BCUT2D eigenvalue weighted by Crippen LogP contribution is 2.42. The second-order valence-corrected chi connectivity index (χ2v) is 12.5. The second-order valence-electron chi connectivity index (χ2n) is 12.5. The van der Waals surface area contributed by atoms with Gasteiger partial charge >= 0.3 is 0 Å². The van der Waals surface area contributed by atoms with Gasteiger partial charge in [-0.25, -0.2) is 0 Å². The lowest BCUT2D eigenvalue weighted by atomic mass is 9.84. The molecule has 204 valence electrons. The molecule has 3 saturated heterocycles.